The number of rotatable bonds is 2. The van der Waals surface area contributed by atoms with E-state index in [1.807, 2.05) is 18.2 Å². The van der Waals surface area contributed by atoms with Crippen molar-refractivity contribution in [2.24, 2.45) is 0 Å². The van der Waals surface area contributed by atoms with Crippen LogP contribution in [0.5, 0.6) is 5.75 Å². The molecule has 1 aliphatic carbocycles. The van der Waals surface area contributed by atoms with Gasteiger partial charge in [0.2, 0.25) is 5.78 Å². The molecule has 0 aromatic heterocycles. The Balaban J connectivity index is 2.02. The number of alkyl halides is 1. The maximum Gasteiger partial charge on any atom is 0.216 e. The van der Waals surface area contributed by atoms with Crippen molar-refractivity contribution >= 4 is 39.2 Å². The van der Waals surface area contributed by atoms with E-state index in [2.05, 4.69) is 21.2 Å². The molecule has 1 atom stereocenters. The van der Waals surface area contributed by atoms with Gasteiger partial charge in [-0.2, -0.15) is 0 Å². The molecule has 6 heteroatoms. The Bertz CT molecular complexity index is 654. The molecule has 0 radical (unpaired) electrons. The second-order valence-electron chi connectivity index (χ2n) is 4.31. The van der Waals surface area contributed by atoms with Gasteiger partial charge >= 0.3 is 0 Å². The number of carbonyl (C=O) groups is 1. The van der Waals surface area contributed by atoms with Crippen molar-refractivity contribution in [1.29, 1.82) is 0 Å². The van der Waals surface area contributed by atoms with Crippen LogP contribution < -0.4 is 10.1 Å². The van der Waals surface area contributed by atoms with E-state index in [4.69, 9.17) is 9.47 Å². The van der Waals surface area contributed by atoms with Crippen LogP contribution in [0.1, 0.15) is 0 Å². The predicted octanol–water partition coefficient (Wildman–Crippen LogP) is 3.30. The number of thioether (sulfide) groups is 1. The number of anilines is 1. The molecule has 0 spiro atoms. The number of halogens is 1. The van der Waals surface area contributed by atoms with Crippen molar-refractivity contribution in [1.82, 2.24) is 0 Å². The van der Waals surface area contributed by atoms with E-state index in [-0.39, 0.29) is 10.6 Å². The summed E-state index contributed by atoms with van der Waals surface area (Å²) in [4.78, 5) is 13.7. The fourth-order valence-corrected chi connectivity index (χ4v) is 3.92. The molecule has 1 N–H and O–H groups in total. The second-order valence-corrected chi connectivity index (χ2v) is 6.31. The van der Waals surface area contributed by atoms with Crippen LogP contribution in [-0.4, -0.2) is 24.8 Å². The lowest BCUT2D eigenvalue weighted by Crippen LogP contribution is -2.26. The fourth-order valence-electron chi connectivity index (χ4n) is 2.10. The molecule has 1 aromatic carbocycles. The van der Waals surface area contributed by atoms with Gasteiger partial charge in [0, 0.05) is 15.9 Å². The number of hydrogen-bond donors (Lipinski definition) is 1. The number of benzene rings is 1. The molecule has 4 nitrogen and oxygen atoms in total. The minimum absolute atomic E-state index is 0.0631. The fraction of sp³-hybridized carbons (Fsp3) is 0.214. The number of hydrogen-bond acceptors (Lipinski definition) is 5. The Hall–Kier alpha value is -1.40. The summed E-state index contributed by atoms with van der Waals surface area (Å²) >= 11 is 5.01. The maximum absolute atomic E-state index is 12.1. The Kier molecular flexibility index (Phi) is 3.52. The first-order valence-electron chi connectivity index (χ1n) is 5.95. The van der Waals surface area contributed by atoms with Gasteiger partial charge < -0.3 is 14.8 Å². The van der Waals surface area contributed by atoms with Crippen LogP contribution in [0.15, 0.2) is 45.5 Å². The maximum atomic E-state index is 12.1. The summed E-state index contributed by atoms with van der Waals surface area (Å²) in [5.74, 6) is 1.09. The van der Waals surface area contributed by atoms with Gasteiger partial charge in [-0.3, -0.25) is 4.79 Å². The van der Waals surface area contributed by atoms with Crippen LogP contribution in [0.4, 0.5) is 5.69 Å². The zero-order valence-electron chi connectivity index (χ0n) is 10.9. The van der Waals surface area contributed by atoms with E-state index in [9.17, 15) is 4.79 Å². The van der Waals surface area contributed by atoms with Gasteiger partial charge in [0.25, 0.3) is 0 Å². The minimum Gasteiger partial charge on any atom is -0.497 e. The number of ketones is 1. The molecule has 1 unspecified atom stereocenters. The number of Topliss-reactive ketones (excluding diaryl/α,β-unsaturated/α-hetero) is 1. The quantitative estimate of drug-likeness (QED) is 0.826. The summed E-state index contributed by atoms with van der Waals surface area (Å²) in [5, 5.41) is 3.33. The highest BCUT2D eigenvalue weighted by molar-refractivity contribution is 9.10. The number of methoxy groups -OCH3 is 2. The van der Waals surface area contributed by atoms with Gasteiger partial charge in [-0.15, -0.1) is 0 Å². The monoisotopic (exact) mass is 353 g/mol. The Morgan fingerprint density at radius 3 is 2.80 bits per heavy atom. The highest BCUT2D eigenvalue weighted by Crippen LogP contribution is 2.46. The van der Waals surface area contributed by atoms with E-state index in [1.54, 1.807) is 24.9 Å². The number of nitrogens with one attached hydrogen (secondary N) is 1. The number of allylic oxidation sites excluding steroid dienone is 3. The molecule has 0 bridgehead atoms. The van der Waals surface area contributed by atoms with Crippen molar-refractivity contribution in [3.8, 4) is 5.75 Å². The van der Waals surface area contributed by atoms with Gasteiger partial charge in [0.1, 0.15) is 10.6 Å². The average Bonchev–Trinajstić information content (AvgIpc) is 2.48. The van der Waals surface area contributed by atoms with E-state index in [0.29, 0.717) is 5.76 Å². The molecule has 104 valence electrons. The lowest BCUT2D eigenvalue weighted by Gasteiger charge is -2.28. The molecule has 0 fully saturated rings. The lowest BCUT2D eigenvalue weighted by molar-refractivity contribution is -0.117. The van der Waals surface area contributed by atoms with Crippen molar-refractivity contribution in [3.05, 3.63) is 40.6 Å². The number of carbonyl (C=O) groups excluding carboxylic acids is 1. The van der Waals surface area contributed by atoms with Crippen LogP contribution in [0.25, 0.3) is 0 Å². The smallest absolute Gasteiger partial charge is 0.216 e. The van der Waals surface area contributed by atoms with Crippen molar-refractivity contribution in [2.45, 2.75) is 9.72 Å². The van der Waals surface area contributed by atoms with Gasteiger partial charge in [-0.05, 0) is 18.2 Å². The van der Waals surface area contributed by atoms with E-state index in [0.717, 1.165) is 26.9 Å². The first-order chi connectivity index (χ1) is 9.63. The molecule has 20 heavy (non-hydrogen) atoms. The third kappa shape index (κ3) is 2.13. The summed E-state index contributed by atoms with van der Waals surface area (Å²) in [6, 6.07) is 5.82. The van der Waals surface area contributed by atoms with Crippen molar-refractivity contribution < 1.29 is 14.3 Å². The first kappa shape index (κ1) is 13.6. The molecule has 1 aromatic rings. The molecular formula is C14H12BrNO3S. The summed E-state index contributed by atoms with van der Waals surface area (Å²) in [7, 11) is 3.14. The zero-order valence-corrected chi connectivity index (χ0v) is 13.3. The number of fused-ring (bicyclic) bond motifs is 1. The Morgan fingerprint density at radius 1 is 1.30 bits per heavy atom. The highest BCUT2D eigenvalue weighted by atomic mass is 79.9. The predicted molar refractivity (Wildman–Crippen MR) is 82.3 cm³/mol. The standard InChI is InChI=1S/C14H12BrNO3S/c1-18-7-3-4-8-11(5-7)20-14-9(16-8)6-10(19-2)13(17)12(14)15/h3-6,12,16H,1-2H3. The Labute approximate surface area is 129 Å². The number of ether oxygens (including phenoxy) is 2. The first-order valence-corrected chi connectivity index (χ1v) is 7.68. The zero-order chi connectivity index (χ0) is 14.3. The van der Waals surface area contributed by atoms with E-state index < -0.39 is 0 Å². The summed E-state index contributed by atoms with van der Waals surface area (Å²) in [5.41, 5.74) is 1.89. The van der Waals surface area contributed by atoms with E-state index in [1.165, 1.54) is 7.11 Å². The normalized spacial score (nSPS) is 20.6. The largest absolute Gasteiger partial charge is 0.497 e. The van der Waals surface area contributed by atoms with Crippen LogP contribution in [0.2, 0.25) is 0 Å². The molecule has 2 aliphatic rings. The molecule has 3 rings (SSSR count). The van der Waals surface area contributed by atoms with Crippen LogP contribution in [0.3, 0.4) is 0 Å². The third-order valence-corrected chi connectivity index (χ3v) is 5.55. The van der Waals surface area contributed by atoms with Crippen molar-refractivity contribution in [2.75, 3.05) is 19.5 Å². The van der Waals surface area contributed by atoms with E-state index >= 15 is 0 Å². The summed E-state index contributed by atoms with van der Waals surface area (Å²) in [6.45, 7) is 0. The van der Waals surface area contributed by atoms with Gasteiger partial charge in [0.05, 0.1) is 25.6 Å². The SMILES string of the molecule is COC1=CC2=C(Sc3cc(OC)ccc3N2)C(Br)C1=O. The van der Waals surface area contributed by atoms with Gasteiger partial charge in [0.15, 0.2) is 5.76 Å². The van der Waals surface area contributed by atoms with Crippen molar-refractivity contribution in [3.63, 3.8) is 0 Å². The van der Waals surface area contributed by atoms with Crippen LogP contribution in [0, 0.1) is 0 Å². The third-order valence-electron chi connectivity index (χ3n) is 3.14. The minimum atomic E-state index is -0.380. The molecule has 0 saturated heterocycles. The van der Waals surface area contributed by atoms with Gasteiger partial charge in [-0.1, -0.05) is 27.7 Å². The molecular weight excluding hydrogens is 342 g/mol. The van der Waals surface area contributed by atoms with Gasteiger partial charge in [-0.25, -0.2) is 0 Å². The van der Waals surface area contributed by atoms with Crippen LogP contribution >= 0.6 is 27.7 Å². The highest BCUT2D eigenvalue weighted by Gasteiger charge is 2.34. The Morgan fingerprint density at radius 2 is 2.10 bits per heavy atom. The average molecular weight is 354 g/mol. The van der Waals surface area contributed by atoms with Crippen LogP contribution in [-0.2, 0) is 9.53 Å². The summed E-state index contributed by atoms with van der Waals surface area (Å²) < 4.78 is 10.4. The molecule has 1 aliphatic heterocycles. The summed E-state index contributed by atoms with van der Waals surface area (Å²) in [6.07, 6.45) is 1.75. The lowest BCUT2D eigenvalue weighted by atomic mass is 10.1. The molecule has 0 amide bonds. The topological polar surface area (TPSA) is 47.6 Å². The molecule has 0 saturated carbocycles. The second kappa shape index (κ2) is 5.18. The molecule has 1 heterocycles.